The SMILES string of the molecule is CC.CC(C)CC(=O)Nc1ccc(Cl)cc1. The van der Waals surface area contributed by atoms with E-state index in [4.69, 9.17) is 11.6 Å². The lowest BCUT2D eigenvalue weighted by Gasteiger charge is -2.06. The summed E-state index contributed by atoms with van der Waals surface area (Å²) in [5.74, 6) is 0.421. The van der Waals surface area contributed by atoms with E-state index in [1.165, 1.54) is 0 Å². The average molecular weight is 242 g/mol. The molecule has 0 radical (unpaired) electrons. The molecule has 0 aliphatic carbocycles. The predicted octanol–water partition coefficient (Wildman–Crippen LogP) is 4.35. The maximum Gasteiger partial charge on any atom is 0.224 e. The third-order valence-corrected chi connectivity index (χ3v) is 1.97. The van der Waals surface area contributed by atoms with Gasteiger partial charge in [0, 0.05) is 17.1 Å². The van der Waals surface area contributed by atoms with Crippen LogP contribution in [0, 0.1) is 5.92 Å². The minimum Gasteiger partial charge on any atom is -0.326 e. The quantitative estimate of drug-likeness (QED) is 0.838. The first kappa shape index (κ1) is 15.0. The smallest absolute Gasteiger partial charge is 0.224 e. The third kappa shape index (κ3) is 6.46. The molecule has 2 nitrogen and oxygen atoms in total. The molecule has 0 saturated heterocycles. The van der Waals surface area contributed by atoms with Crippen molar-refractivity contribution < 1.29 is 4.79 Å². The van der Waals surface area contributed by atoms with Crippen molar-refractivity contribution in [1.82, 2.24) is 0 Å². The Labute approximate surface area is 103 Å². The molecule has 1 amide bonds. The fraction of sp³-hybridized carbons (Fsp3) is 0.462. The number of rotatable bonds is 3. The number of hydrogen-bond donors (Lipinski definition) is 1. The minimum atomic E-state index is 0.0438. The number of anilines is 1. The molecule has 0 fully saturated rings. The average Bonchev–Trinajstić information content (AvgIpc) is 2.23. The van der Waals surface area contributed by atoms with Gasteiger partial charge in [0.25, 0.3) is 0 Å². The fourth-order valence-corrected chi connectivity index (χ4v) is 1.24. The lowest BCUT2D eigenvalue weighted by atomic mass is 10.1. The summed E-state index contributed by atoms with van der Waals surface area (Å²) in [6.07, 6.45) is 0.544. The number of carbonyl (C=O) groups excluding carboxylic acids is 1. The highest BCUT2D eigenvalue weighted by atomic mass is 35.5. The Hall–Kier alpha value is -1.02. The van der Waals surface area contributed by atoms with Crippen molar-refractivity contribution in [2.75, 3.05) is 5.32 Å². The van der Waals surface area contributed by atoms with E-state index < -0.39 is 0 Å². The molecule has 16 heavy (non-hydrogen) atoms. The summed E-state index contributed by atoms with van der Waals surface area (Å²) in [5, 5.41) is 3.48. The lowest BCUT2D eigenvalue weighted by molar-refractivity contribution is -0.116. The van der Waals surface area contributed by atoms with Crippen LogP contribution in [0.25, 0.3) is 0 Å². The normalized spacial score (nSPS) is 9.38. The van der Waals surface area contributed by atoms with Crippen LogP contribution in [0.5, 0.6) is 0 Å². The second-order valence-electron chi connectivity index (χ2n) is 3.65. The van der Waals surface area contributed by atoms with Crippen molar-refractivity contribution in [2.24, 2.45) is 5.92 Å². The summed E-state index contributed by atoms with van der Waals surface area (Å²) in [4.78, 5) is 11.4. The van der Waals surface area contributed by atoms with E-state index in [-0.39, 0.29) is 5.91 Å². The van der Waals surface area contributed by atoms with Crippen LogP contribution in [-0.2, 0) is 4.79 Å². The monoisotopic (exact) mass is 241 g/mol. The van der Waals surface area contributed by atoms with Gasteiger partial charge < -0.3 is 5.32 Å². The van der Waals surface area contributed by atoms with Crippen LogP contribution < -0.4 is 5.32 Å². The van der Waals surface area contributed by atoms with Crippen molar-refractivity contribution >= 4 is 23.2 Å². The number of benzene rings is 1. The fourth-order valence-electron chi connectivity index (χ4n) is 1.12. The van der Waals surface area contributed by atoms with Crippen LogP contribution >= 0.6 is 11.6 Å². The Bertz CT molecular complexity index is 306. The maximum atomic E-state index is 11.4. The molecule has 0 aliphatic heterocycles. The van der Waals surface area contributed by atoms with Gasteiger partial charge in [0.1, 0.15) is 0 Å². The van der Waals surface area contributed by atoms with Gasteiger partial charge in [-0.3, -0.25) is 4.79 Å². The van der Waals surface area contributed by atoms with Gasteiger partial charge in [0.05, 0.1) is 0 Å². The molecular formula is C13H20ClNO. The molecule has 0 bridgehead atoms. The van der Waals surface area contributed by atoms with Crippen LogP contribution in [-0.4, -0.2) is 5.91 Å². The lowest BCUT2D eigenvalue weighted by Crippen LogP contribution is -2.13. The zero-order chi connectivity index (χ0) is 12.6. The van der Waals surface area contributed by atoms with Gasteiger partial charge in [-0.2, -0.15) is 0 Å². The van der Waals surface area contributed by atoms with Crippen molar-refractivity contribution in [1.29, 1.82) is 0 Å². The Morgan fingerprint density at radius 3 is 2.19 bits per heavy atom. The summed E-state index contributed by atoms with van der Waals surface area (Å²) in [7, 11) is 0. The Morgan fingerprint density at radius 1 is 1.25 bits per heavy atom. The summed E-state index contributed by atoms with van der Waals surface area (Å²) in [6, 6.07) is 7.10. The molecule has 90 valence electrons. The molecule has 0 aliphatic rings. The number of amides is 1. The van der Waals surface area contributed by atoms with Crippen molar-refractivity contribution in [2.45, 2.75) is 34.1 Å². The first-order chi connectivity index (χ1) is 7.58. The van der Waals surface area contributed by atoms with Gasteiger partial charge in [-0.1, -0.05) is 39.3 Å². The third-order valence-electron chi connectivity index (χ3n) is 1.72. The van der Waals surface area contributed by atoms with E-state index in [0.29, 0.717) is 17.4 Å². The van der Waals surface area contributed by atoms with Gasteiger partial charge >= 0.3 is 0 Å². The maximum absolute atomic E-state index is 11.4. The highest BCUT2D eigenvalue weighted by Crippen LogP contribution is 2.14. The molecule has 0 saturated carbocycles. The number of halogens is 1. The highest BCUT2D eigenvalue weighted by molar-refractivity contribution is 6.30. The standard InChI is InChI=1S/C11H14ClNO.C2H6/c1-8(2)7-11(14)13-10-5-3-9(12)4-6-10;1-2/h3-6,8H,7H2,1-2H3,(H,13,14);1-2H3. The topological polar surface area (TPSA) is 29.1 Å². The zero-order valence-corrected chi connectivity index (χ0v) is 11.1. The van der Waals surface area contributed by atoms with Crippen LogP contribution in [0.1, 0.15) is 34.1 Å². The second-order valence-corrected chi connectivity index (χ2v) is 4.09. The first-order valence-electron chi connectivity index (χ1n) is 5.63. The van der Waals surface area contributed by atoms with E-state index in [2.05, 4.69) is 5.32 Å². The zero-order valence-electron chi connectivity index (χ0n) is 10.4. The summed E-state index contributed by atoms with van der Waals surface area (Å²) in [5.41, 5.74) is 0.792. The molecule has 1 aromatic rings. The molecule has 0 aromatic heterocycles. The molecule has 1 rings (SSSR count). The Morgan fingerprint density at radius 2 is 1.75 bits per heavy atom. The molecular weight excluding hydrogens is 222 g/mol. The van der Waals surface area contributed by atoms with E-state index in [0.717, 1.165) is 5.69 Å². The second kappa shape index (κ2) is 8.17. The largest absolute Gasteiger partial charge is 0.326 e. The number of nitrogens with one attached hydrogen (secondary N) is 1. The van der Waals surface area contributed by atoms with Crippen molar-refractivity contribution in [3.8, 4) is 0 Å². The van der Waals surface area contributed by atoms with E-state index in [9.17, 15) is 4.79 Å². The van der Waals surface area contributed by atoms with Gasteiger partial charge in [-0.25, -0.2) is 0 Å². The molecule has 3 heteroatoms. The highest BCUT2D eigenvalue weighted by Gasteiger charge is 2.04. The van der Waals surface area contributed by atoms with Crippen molar-refractivity contribution in [3.05, 3.63) is 29.3 Å². The summed E-state index contributed by atoms with van der Waals surface area (Å²) in [6.45, 7) is 8.03. The van der Waals surface area contributed by atoms with Crippen LogP contribution in [0.3, 0.4) is 0 Å². The Kier molecular flexibility index (Phi) is 7.65. The van der Waals surface area contributed by atoms with Crippen LogP contribution in [0.15, 0.2) is 24.3 Å². The first-order valence-corrected chi connectivity index (χ1v) is 6.01. The molecule has 1 aromatic carbocycles. The Balaban J connectivity index is 0.00000106. The molecule has 1 N–H and O–H groups in total. The number of carbonyl (C=O) groups is 1. The van der Waals surface area contributed by atoms with Crippen molar-refractivity contribution in [3.63, 3.8) is 0 Å². The molecule has 0 atom stereocenters. The van der Waals surface area contributed by atoms with Gasteiger partial charge in [-0.15, -0.1) is 0 Å². The van der Waals surface area contributed by atoms with Gasteiger partial charge in [0.2, 0.25) is 5.91 Å². The van der Waals surface area contributed by atoms with Gasteiger partial charge in [-0.05, 0) is 30.2 Å². The molecule has 0 unspecified atom stereocenters. The minimum absolute atomic E-state index is 0.0438. The van der Waals surface area contributed by atoms with Crippen LogP contribution in [0.2, 0.25) is 5.02 Å². The summed E-state index contributed by atoms with van der Waals surface area (Å²) < 4.78 is 0. The molecule has 0 spiro atoms. The van der Waals surface area contributed by atoms with Gasteiger partial charge in [0.15, 0.2) is 0 Å². The van der Waals surface area contributed by atoms with E-state index >= 15 is 0 Å². The van der Waals surface area contributed by atoms with Crippen LogP contribution in [0.4, 0.5) is 5.69 Å². The predicted molar refractivity (Wildman–Crippen MR) is 70.9 cm³/mol. The van der Waals surface area contributed by atoms with E-state index in [1.54, 1.807) is 24.3 Å². The molecule has 0 heterocycles. The number of hydrogen-bond acceptors (Lipinski definition) is 1. The summed E-state index contributed by atoms with van der Waals surface area (Å²) >= 11 is 5.72. The van der Waals surface area contributed by atoms with E-state index in [1.807, 2.05) is 27.7 Å².